The summed E-state index contributed by atoms with van der Waals surface area (Å²) in [6.07, 6.45) is 2.42. The molecule has 0 unspecified atom stereocenters. The van der Waals surface area contributed by atoms with Gasteiger partial charge in [-0.1, -0.05) is 0 Å². The fraction of sp³-hybridized carbons (Fsp3) is 0. The van der Waals surface area contributed by atoms with Crippen molar-refractivity contribution in [2.75, 3.05) is 0 Å². The van der Waals surface area contributed by atoms with Gasteiger partial charge in [-0.2, -0.15) is 0 Å². The molecule has 0 bridgehead atoms. The Balaban J connectivity index is 2.46. The summed E-state index contributed by atoms with van der Waals surface area (Å²) in [5, 5.41) is 0.879. The third-order valence-corrected chi connectivity index (χ3v) is 1.67. The molecule has 0 aromatic carbocycles. The average Bonchev–Trinajstić information content (AvgIpc) is 2.17. The smallest absolute Gasteiger partial charge is 0.391 e. The number of pyridine rings is 2. The Bertz CT molecular complexity index is 484. The molecular formula is C9H7N3O2. The van der Waals surface area contributed by atoms with Crippen LogP contribution in [0.25, 0.3) is 10.9 Å². The molecular weight excluding hydrogens is 182 g/mol. The second-order valence-corrected chi connectivity index (χ2v) is 2.64. The molecule has 0 aliphatic heterocycles. The summed E-state index contributed by atoms with van der Waals surface area (Å²) in [6.45, 7) is 0. The molecule has 2 aromatic rings. The summed E-state index contributed by atoms with van der Waals surface area (Å²) in [4.78, 5) is 18.4. The average molecular weight is 189 g/mol. The van der Waals surface area contributed by atoms with Crippen molar-refractivity contribution in [3.63, 3.8) is 0 Å². The van der Waals surface area contributed by atoms with Crippen molar-refractivity contribution in [3.05, 3.63) is 30.6 Å². The maximum atomic E-state index is 10.5. The lowest BCUT2D eigenvalue weighted by Gasteiger charge is -2.00. The number of hydrogen-bond acceptors (Lipinski definition) is 4. The summed E-state index contributed by atoms with van der Waals surface area (Å²) in [6, 6.07) is 5.05. The van der Waals surface area contributed by atoms with Gasteiger partial charge in [-0.25, -0.2) is 9.78 Å². The molecule has 0 saturated heterocycles. The number of amides is 1. The topological polar surface area (TPSA) is 78.1 Å². The number of hydrogen-bond donors (Lipinski definition) is 1. The van der Waals surface area contributed by atoms with Crippen molar-refractivity contribution in [1.82, 2.24) is 9.97 Å². The number of rotatable bonds is 1. The van der Waals surface area contributed by atoms with Gasteiger partial charge in [0.1, 0.15) is 0 Å². The molecule has 0 spiro atoms. The summed E-state index contributed by atoms with van der Waals surface area (Å²) in [5.41, 5.74) is 5.56. The normalized spacial score (nSPS) is 10.0. The Hall–Kier alpha value is -2.17. The zero-order valence-corrected chi connectivity index (χ0v) is 7.18. The van der Waals surface area contributed by atoms with Gasteiger partial charge < -0.3 is 10.5 Å². The van der Waals surface area contributed by atoms with E-state index >= 15 is 0 Å². The van der Waals surface area contributed by atoms with E-state index in [9.17, 15) is 4.79 Å². The lowest BCUT2D eigenvalue weighted by Crippen LogP contribution is -2.16. The van der Waals surface area contributed by atoms with E-state index in [-0.39, 0.29) is 5.88 Å². The van der Waals surface area contributed by atoms with Crippen LogP contribution < -0.4 is 10.5 Å². The van der Waals surface area contributed by atoms with Crippen molar-refractivity contribution in [2.24, 2.45) is 5.73 Å². The van der Waals surface area contributed by atoms with Crippen LogP contribution >= 0.6 is 0 Å². The van der Waals surface area contributed by atoms with Crippen LogP contribution in [0.5, 0.6) is 5.88 Å². The van der Waals surface area contributed by atoms with Crippen LogP contribution in [0.4, 0.5) is 4.79 Å². The second-order valence-electron chi connectivity index (χ2n) is 2.64. The van der Waals surface area contributed by atoms with Crippen molar-refractivity contribution < 1.29 is 9.53 Å². The van der Waals surface area contributed by atoms with Gasteiger partial charge in [0.2, 0.25) is 5.88 Å². The van der Waals surface area contributed by atoms with Crippen LogP contribution in [0.1, 0.15) is 0 Å². The van der Waals surface area contributed by atoms with E-state index < -0.39 is 6.09 Å². The molecule has 70 valence electrons. The maximum absolute atomic E-state index is 10.5. The fourth-order valence-corrected chi connectivity index (χ4v) is 1.11. The molecule has 0 saturated carbocycles. The van der Waals surface area contributed by atoms with Gasteiger partial charge in [0, 0.05) is 23.8 Å². The lowest BCUT2D eigenvalue weighted by molar-refractivity contribution is 0.209. The first-order chi connectivity index (χ1) is 6.75. The molecule has 0 radical (unpaired) electrons. The van der Waals surface area contributed by atoms with Crippen LogP contribution in [0.15, 0.2) is 30.6 Å². The Morgan fingerprint density at radius 1 is 1.36 bits per heavy atom. The second kappa shape index (κ2) is 3.29. The quantitative estimate of drug-likeness (QED) is 0.728. The van der Waals surface area contributed by atoms with E-state index in [0.717, 1.165) is 5.39 Å². The number of aromatic nitrogens is 2. The van der Waals surface area contributed by atoms with Crippen molar-refractivity contribution in [2.45, 2.75) is 0 Å². The highest BCUT2D eigenvalue weighted by molar-refractivity contribution is 5.78. The summed E-state index contributed by atoms with van der Waals surface area (Å²) >= 11 is 0. The first-order valence-electron chi connectivity index (χ1n) is 3.94. The van der Waals surface area contributed by atoms with Gasteiger partial charge in [0.25, 0.3) is 0 Å². The SMILES string of the molecule is NC(=O)Oc1ccc2cnccc2n1. The molecule has 0 fully saturated rings. The standard InChI is InChI=1S/C9H7N3O2/c10-9(13)14-8-2-1-6-5-11-4-3-7(6)12-8/h1-5H,(H2,10,13). The Morgan fingerprint density at radius 2 is 2.21 bits per heavy atom. The molecule has 0 aliphatic carbocycles. The largest absolute Gasteiger partial charge is 0.411 e. The zero-order chi connectivity index (χ0) is 9.97. The number of carbonyl (C=O) groups is 1. The number of nitrogens with zero attached hydrogens (tertiary/aromatic N) is 2. The Labute approximate surface area is 79.5 Å². The lowest BCUT2D eigenvalue weighted by atomic mass is 10.3. The van der Waals surface area contributed by atoms with E-state index in [1.54, 1.807) is 30.6 Å². The van der Waals surface area contributed by atoms with Crippen LogP contribution in [-0.4, -0.2) is 16.1 Å². The minimum Gasteiger partial charge on any atom is -0.391 e. The van der Waals surface area contributed by atoms with Gasteiger partial charge in [-0.3, -0.25) is 4.98 Å². The number of carbonyl (C=O) groups excluding carboxylic acids is 1. The first kappa shape index (κ1) is 8.43. The molecule has 14 heavy (non-hydrogen) atoms. The first-order valence-corrected chi connectivity index (χ1v) is 3.94. The monoisotopic (exact) mass is 189 g/mol. The van der Waals surface area contributed by atoms with Crippen LogP contribution in [-0.2, 0) is 0 Å². The van der Waals surface area contributed by atoms with E-state index in [1.807, 2.05) is 0 Å². The molecule has 5 heteroatoms. The van der Waals surface area contributed by atoms with Gasteiger partial charge in [-0.15, -0.1) is 0 Å². The molecule has 2 heterocycles. The summed E-state index contributed by atoms with van der Waals surface area (Å²) in [7, 11) is 0. The molecule has 0 atom stereocenters. The molecule has 0 aliphatic rings. The van der Waals surface area contributed by atoms with Gasteiger partial charge in [0.05, 0.1) is 5.52 Å². The molecule has 2 rings (SSSR count). The highest BCUT2D eigenvalue weighted by Gasteiger charge is 2.01. The summed E-state index contributed by atoms with van der Waals surface area (Å²) in [5.74, 6) is 0.191. The number of nitrogens with two attached hydrogens (primary N) is 1. The molecule has 1 amide bonds. The Kier molecular flexibility index (Phi) is 1.98. The third-order valence-electron chi connectivity index (χ3n) is 1.67. The van der Waals surface area contributed by atoms with Crippen molar-refractivity contribution in [1.29, 1.82) is 0 Å². The highest BCUT2D eigenvalue weighted by Crippen LogP contribution is 2.14. The van der Waals surface area contributed by atoms with Crippen molar-refractivity contribution >= 4 is 17.0 Å². The van der Waals surface area contributed by atoms with E-state index in [0.29, 0.717) is 5.52 Å². The van der Waals surface area contributed by atoms with Crippen LogP contribution in [0, 0.1) is 0 Å². The number of ether oxygens (including phenoxy) is 1. The molecule has 5 nitrogen and oxygen atoms in total. The predicted molar refractivity (Wildman–Crippen MR) is 49.7 cm³/mol. The van der Waals surface area contributed by atoms with Gasteiger partial charge in [0.15, 0.2) is 0 Å². The molecule has 2 N–H and O–H groups in total. The van der Waals surface area contributed by atoms with Gasteiger partial charge >= 0.3 is 6.09 Å². The third kappa shape index (κ3) is 1.61. The zero-order valence-electron chi connectivity index (χ0n) is 7.18. The fourth-order valence-electron chi connectivity index (χ4n) is 1.11. The highest BCUT2D eigenvalue weighted by atomic mass is 16.6. The van der Waals surface area contributed by atoms with Crippen molar-refractivity contribution in [3.8, 4) is 5.88 Å². The molecule has 2 aromatic heterocycles. The number of fused-ring (bicyclic) bond motifs is 1. The van der Waals surface area contributed by atoms with E-state index in [4.69, 9.17) is 5.73 Å². The van der Waals surface area contributed by atoms with E-state index in [1.165, 1.54) is 0 Å². The van der Waals surface area contributed by atoms with E-state index in [2.05, 4.69) is 14.7 Å². The minimum atomic E-state index is -0.870. The Morgan fingerprint density at radius 3 is 3.00 bits per heavy atom. The summed E-state index contributed by atoms with van der Waals surface area (Å²) < 4.78 is 4.63. The minimum absolute atomic E-state index is 0.191. The van der Waals surface area contributed by atoms with Crippen LogP contribution in [0.2, 0.25) is 0 Å². The predicted octanol–water partition coefficient (Wildman–Crippen LogP) is 1.09. The maximum Gasteiger partial charge on any atom is 0.411 e. The van der Waals surface area contributed by atoms with Gasteiger partial charge in [-0.05, 0) is 12.1 Å². The van der Waals surface area contributed by atoms with Crippen LogP contribution in [0.3, 0.4) is 0 Å². The number of primary amides is 1.